The van der Waals surface area contributed by atoms with Crippen LogP contribution < -0.4 is 0 Å². The maximum Gasteiger partial charge on any atom is 0.287 e. The van der Waals surface area contributed by atoms with Crippen molar-refractivity contribution in [1.82, 2.24) is 0 Å². The van der Waals surface area contributed by atoms with E-state index in [-0.39, 0.29) is 17.9 Å². The Balaban J connectivity index is 3.41. The number of aliphatic hydroxyl groups excluding tert-OH is 1. The first-order valence-electron chi connectivity index (χ1n) is 3.89. The summed E-state index contributed by atoms with van der Waals surface area (Å²) >= 11 is 0. The van der Waals surface area contributed by atoms with Gasteiger partial charge >= 0.3 is 0 Å². The molecule has 0 atom stereocenters. The van der Waals surface area contributed by atoms with Gasteiger partial charge in [-0.3, -0.25) is 10.1 Å². The minimum atomic E-state index is -0.604. The lowest BCUT2D eigenvalue weighted by atomic mass is 10.0. The van der Waals surface area contributed by atoms with Crippen molar-refractivity contribution in [2.24, 2.45) is 0 Å². The average Bonchev–Trinajstić information content (AvgIpc) is 2.17. The van der Waals surface area contributed by atoms with Gasteiger partial charge in [-0.15, -0.1) is 0 Å². The molecule has 5 nitrogen and oxygen atoms in total. The SMILES string of the molecule is Cc1cc([N+](=O)[O-])c(C#N)cc1CO. The maximum atomic E-state index is 10.5. The predicted molar refractivity (Wildman–Crippen MR) is 48.5 cm³/mol. The number of hydrogen-bond donors (Lipinski definition) is 1. The number of nitro groups is 1. The summed E-state index contributed by atoms with van der Waals surface area (Å²) < 4.78 is 0. The number of aryl methyl sites for hydroxylation is 1. The first-order valence-corrected chi connectivity index (χ1v) is 3.89. The topological polar surface area (TPSA) is 87.2 Å². The number of hydrogen-bond acceptors (Lipinski definition) is 4. The van der Waals surface area contributed by atoms with E-state index in [9.17, 15) is 10.1 Å². The second-order valence-corrected chi connectivity index (χ2v) is 2.82. The highest BCUT2D eigenvalue weighted by Crippen LogP contribution is 2.22. The van der Waals surface area contributed by atoms with Crippen molar-refractivity contribution >= 4 is 5.69 Å². The molecule has 0 radical (unpaired) electrons. The van der Waals surface area contributed by atoms with Crippen LogP contribution in [0.4, 0.5) is 5.69 Å². The third kappa shape index (κ3) is 1.70. The predicted octanol–water partition coefficient (Wildman–Crippen LogP) is 1.27. The quantitative estimate of drug-likeness (QED) is 0.564. The van der Waals surface area contributed by atoms with Gasteiger partial charge in [-0.2, -0.15) is 5.26 Å². The van der Waals surface area contributed by atoms with Gasteiger partial charge in [0.2, 0.25) is 0 Å². The van der Waals surface area contributed by atoms with E-state index in [0.717, 1.165) is 0 Å². The first kappa shape index (κ1) is 10.2. The molecule has 0 bridgehead atoms. The van der Waals surface area contributed by atoms with Crippen molar-refractivity contribution in [2.75, 3.05) is 0 Å². The molecule has 0 heterocycles. The summed E-state index contributed by atoms with van der Waals surface area (Å²) in [5.41, 5.74) is 0.900. The van der Waals surface area contributed by atoms with Crippen molar-refractivity contribution < 1.29 is 10.0 Å². The summed E-state index contributed by atoms with van der Waals surface area (Å²) in [5, 5.41) is 28.1. The van der Waals surface area contributed by atoms with Gasteiger partial charge in [0.1, 0.15) is 11.6 Å². The maximum absolute atomic E-state index is 10.5. The summed E-state index contributed by atoms with van der Waals surface area (Å²) in [6.07, 6.45) is 0. The largest absolute Gasteiger partial charge is 0.392 e. The molecule has 0 aliphatic rings. The van der Waals surface area contributed by atoms with Gasteiger partial charge in [0.15, 0.2) is 0 Å². The number of nitrogens with zero attached hydrogens (tertiary/aromatic N) is 2. The number of nitro benzene ring substituents is 1. The smallest absolute Gasteiger partial charge is 0.287 e. The first-order chi connectivity index (χ1) is 6.60. The Morgan fingerprint density at radius 1 is 1.64 bits per heavy atom. The van der Waals surface area contributed by atoms with E-state index in [4.69, 9.17) is 10.4 Å². The Hall–Kier alpha value is -1.93. The van der Waals surface area contributed by atoms with E-state index in [2.05, 4.69) is 0 Å². The minimum absolute atomic E-state index is 0.0235. The molecule has 0 fully saturated rings. The average molecular weight is 192 g/mol. The summed E-state index contributed by atoms with van der Waals surface area (Å²) in [7, 11) is 0. The van der Waals surface area contributed by atoms with Gasteiger partial charge in [0, 0.05) is 6.07 Å². The molecule has 5 heteroatoms. The summed E-state index contributed by atoms with van der Waals surface area (Å²) in [5.74, 6) is 0. The zero-order valence-electron chi connectivity index (χ0n) is 7.52. The van der Waals surface area contributed by atoms with Crippen LogP contribution in [-0.2, 0) is 6.61 Å². The molecule has 0 aromatic heterocycles. The number of rotatable bonds is 2. The molecule has 72 valence electrons. The van der Waals surface area contributed by atoms with Crippen LogP contribution in [0.3, 0.4) is 0 Å². The van der Waals surface area contributed by atoms with Gasteiger partial charge < -0.3 is 5.11 Å². The highest BCUT2D eigenvalue weighted by atomic mass is 16.6. The number of benzene rings is 1. The Kier molecular flexibility index (Phi) is 2.79. The minimum Gasteiger partial charge on any atom is -0.392 e. The molecule has 1 N–H and O–H groups in total. The molecule has 0 aliphatic carbocycles. The monoisotopic (exact) mass is 192 g/mol. The van der Waals surface area contributed by atoms with Gasteiger partial charge in [0.05, 0.1) is 11.5 Å². The van der Waals surface area contributed by atoms with Crippen molar-refractivity contribution in [2.45, 2.75) is 13.5 Å². The Labute approximate surface area is 80.4 Å². The van der Waals surface area contributed by atoms with Crippen LogP contribution in [-0.4, -0.2) is 10.0 Å². The Morgan fingerprint density at radius 2 is 2.29 bits per heavy atom. The van der Waals surface area contributed by atoms with E-state index in [1.165, 1.54) is 12.1 Å². The molecule has 0 unspecified atom stereocenters. The van der Waals surface area contributed by atoms with Crippen LogP contribution >= 0.6 is 0 Å². The highest BCUT2D eigenvalue weighted by Gasteiger charge is 2.15. The lowest BCUT2D eigenvalue weighted by Crippen LogP contribution is -1.97. The lowest BCUT2D eigenvalue weighted by molar-refractivity contribution is -0.385. The Bertz CT molecular complexity index is 421. The second kappa shape index (κ2) is 3.85. The normalized spacial score (nSPS) is 9.50. The van der Waals surface area contributed by atoms with Gasteiger partial charge in [-0.25, -0.2) is 0 Å². The fourth-order valence-electron chi connectivity index (χ4n) is 1.15. The standard InChI is InChI=1S/C9H8N2O3/c1-6-2-9(11(13)14)7(4-10)3-8(6)5-12/h2-3,12H,5H2,1H3. The summed E-state index contributed by atoms with van der Waals surface area (Å²) in [6.45, 7) is 1.43. The van der Waals surface area contributed by atoms with Gasteiger partial charge in [-0.05, 0) is 24.1 Å². The third-order valence-electron chi connectivity index (χ3n) is 1.94. The van der Waals surface area contributed by atoms with Gasteiger partial charge in [0.25, 0.3) is 5.69 Å². The van der Waals surface area contributed by atoms with E-state index in [1.807, 2.05) is 0 Å². The molecule has 14 heavy (non-hydrogen) atoms. The van der Waals surface area contributed by atoms with E-state index in [0.29, 0.717) is 11.1 Å². The van der Waals surface area contributed by atoms with Crippen LogP contribution in [0, 0.1) is 28.4 Å². The molecule has 0 saturated carbocycles. The third-order valence-corrected chi connectivity index (χ3v) is 1.94. The van der Waals surface area contributed by atoms with E-state index >= 15 is 0 Å². The highest BCUT2D eigenvalue weighted by molar-refractivity contribution is 5.53. The fourth-order valence-corrected chi connectivity index (χ4v) is 1.15. The van der Waals surface area contributed by atoms with Crippen LogP contribution in [0.25, 0.3) is 0 Å². The number of aliphatic hydroxyl groups is 1. The fraction of sp³-hybridized carbons (Fsp3) is 0.222. The van der Waals surface area contributed by atoms with Crippen LogP contribution in [0.15, 0.2) is 12.1 Å². The molecule has 0 saturated heterocycles. The summed E-state index contributed by atoms with van der Waals surface area (Å²) in [4.78, 5) is 9.92. The van der Waals surface area contributed by atoms with Crippen molar-refractivity contribution in [3.05, 3.63) is 38.9 Å². The zero-order valence-corrected chi connectivity index (χ0v) is 7.52. The summed E-state index contributed by atoms with van der Waals surface area (Å²) in [6, 6.07) is 4.36. The molecule has 0 aliphatic heterocycles. The molecule has 1 aromatic rings. The van der Waals surface area contributed by atoms with Crippen molar-refractivity contribution in [3.63, 3.8) is 0 Å². The van der Waals surface area contributed by atoms with E-state index < -0.39 is 4.92 Å². The molecule has 0 spiro atoms. The lowest BCUT2D eigenvalue weighted by Gasteiger charge is -2.02. The zero-order chi connectivity index (χ0) is 10.7. The Morgan fingerprint density at radius 3 is 2.71 bits per heavy atom. The van der Waals surface area contributed by atoms with Crippen molar-refractivity contribution in [1.29, 1.82) is 5.26 Å². The van der Waals surface area contributed by atoms with E-state index in [1.54, 1.807) is 13.0 Å². The molecule has 1 aromatic carbocycles. The molecule has 1 rings (SSSR count). The van der Waals surface area contributed by atoms with Crippen LogP contribution in [0.2, 0.25) is 0 Å². The van der Waals surface area contributed by atoms with Crippen LogP contribution in [0.1, 0.15) is 16.7 Å². The molecular formula is C9H8N2O3. The second-order valence-electron chi connectivity index (χ2n) is 2.82. The molecule has 0 amide bonds. The van der Waals surface area contributed by atoms with Gasteiger partial charge in [-0.1, -0.05) is 0 Å². The molecular weight excluding hydrogens is 184 g/mol. The van der Waals surface area contributed by atoms with Crippen molar-refractivity contribution in [3.8, 4) is 6.07 Å². The number of nitriles is 1. The van der Waals surface area contributed by atoms with Crippen LogP contribution in [0.5, 0.6) is 0 Å².